The zero-order valence-electron chi connectivity index (χ0n) is 22.1. The van der Waals surface area contributed by atoms with Crippen LogP contribution in [0.15, 0.2) is 86.1 Å². The molecule has 3 aromatic carbocycles. The third-order valence-corrected chi connectivity index (χ3v) is 7.09. The number of fused-ring (bicyclic) bond motifs is 1. The number of rotatable bonds is 12. The number of hydrogen-bond donors (Lipinski definition) is 0. The van der Waals surface area contributed by atoms with Crippen molar-refractivity contribution in [3.63, 3.8) is 0 Å². The highest BCUT2D eigenvalue weighted by Gasteiger charge is 2.15. The average Bonchev–Trinajstić information content (AvgIpc) is 2.92. The second-order valence-electron chi connectivity index (χ2n) is 9.00. The zero-order valence-corrected chi connectivity index (χ0v) is 25.3. The number of benzene rings is 3. The first-order valence-corrected chi connectivity index (χ1v) is 14.6. The van der Waals surface area contributed by atoms with E-state index < -0.39 is 0 Å². The number of nitrogens with zero attached hydrogens (tertiary/aromatic N) is 3. The summed E-state index contributed by atoms with van der Waals surface area (Å²) in [5.41, 5.74) is 3.22. The molecule has 4 aromatic rings. The van der Waals surface area contributed by atoms with Crippen LogP contribution < -0.4 is 15.0 Å². The summed E-state index contributed by atoms with van der Waals surface area (Å²) in [5.74, 6) is 1.93. The Bertz CT molecular complexity index is 1550. The molecule has 1 aromatic heterocycles. The van der Waals surface area contributed by atoms with Gasteiger partial charge < -0.3 is 9.47 Å². The van der Waals surface area contributed by atoms with Crippen molar-refractivity contribution in [2.24, 2.45) is 5.10 Å². The van der Waals surface area contributed by atoms with Crippen LogP contribution in [0.5, 0.6) is 11.5 Å². The van der Waals surface area contributed by atoms with Gasteiger partial charge in [0.1, 0.15) is 12.4 Å². The van der Waals surface area contributed by atoms with E-state index in [-0.39, 0.29) is 5.56 Å². The van der Waals surface area contributed by atoms with Crippen LogP contribution in [-0.4, -0.2) is 22.5 Å². The minimum absolute atomic E-state index is 0.200. The Kier molecular flexibility index (Phi) is 10.1. The molecule has 0 aliphatic heterocycles. The summed E-state index contributed by atoms with van der Waals surface area (Å²) in [6, 6.07) is 17.4. The monoisotopic (exact) mass is 651 g/mol. The number of halogens is 2. The van der Waals surface area contributed by atoms with Gasteiger partial charge in [-0.3, -0.25) is 4.79 Å². The number of allylic oxidation sites excluding steroid dienone is 1. The lowest BCUT2D eigenvalue weighted by Crippen LogP contribution is -2.22. The molecular formula is C31H31Br2N3O3. The van der Waals surface area contributed by atoms with Crippen LogP contribution in [0.3, 0.4) is 0 Å². The molecule has 0 aliphatic rings. The molecule has 0 N–H and O–H groups in total. The minimum atomic E-state index is -0.200. The zero-order chi connectivity index (χ0) is 27.8. The maximum absolute atomic E-state index is 13.4. The summed E-state index contributed by atoms with van der Waals surface area (Å²) in [6.45, 7) is 8.85. The molecule has 8 heteroatoms. The van der Waals surface area contributed by atoms with Gasteiger partial charge in [0.2, 0.25) is 0 Å². The van der Waals surface area contributed by atoms with Crippen LogP contribution in [0.4, 0.5) is 0 Å². The van der Waals surface area contributed by atoms with Gasteiger partial charge in [-0.05, 0) is 73.4 Å². The highest BCUT2D eigenvalue weighted by molar-refractivity contribution is 9.10. The van der Waals surface area contributed by atoms with Crippen molar-refractivity contribution >= 4 is 49.0 Å². The van der Waals surface area contributed by atoms with Crippen molar-refractivity contribution in [2.45, 2.75) is 46.1 Å². The second kappa shape index (κ2) is 13.7. The lowest BCUT2D eigenvalue weighted by Gasteiger charge is -2.17. The van der Waals surface area contributed by atoms with Crippen LogP contribution in [0.2, 0.25) is 0 Å². The van der Waals surface area contributed by atoms with Gasteiger partial charge in [-0.25, -0.2) is 4.98 Å². The van der Waals surface area contributed by atoms with E-state index in [4.69, 9.17) is 14.5 Å². The van der Waals surface area contributed by atoms with Gasteiger partial charge in [0.15, 0.2) is 11.5 Å². The van der Waals surface area contributed by atoms with Crippen LogP contribution in [-0.2, 0) is 19.4 Å². The molecule has 6 nitrogen and oxygen atoms in total. The van der Waals surface area contributed by atoms with Crippen LogP contribution >= 0.6 is 31.9 Å². The Balaban J connectivity index is 1.74. The predicted molar refractivity (Wildman–Crippen MR) is 165 cm³/mol. The van der Waals surface area contributed by atoms with Gasteiger partial charge in [-0.2, -0.15) is 9.78 Å². The maximum Gasteiger partial charge on any atom is 0.282 e. The van der Waals surface area contributed by atoms with Crippen LogP contribution in [0.25, 0.3) is 10.9 Å². The molecule has 0 bridgehead atoms. The molecular weight excluding hydrogens is 622 g/mol. The topological polar surface area (TPSA) is 65.7 Å². The lowest BCUT2D eigenvalue weighted by atomic mass is 10.1. The van der Waals surface area contributed by atoms with E-state index in [1.165, 1.54) is 4.68 Å². The van der Waals surface area contributed by atoms with E-state index in [0.717, 1.165) is 38.5 Å². The summed E-state index contributed by atoms with van der Waals surface area (Å²) < 4.78 is 15.5. The molecule has 202 valence electrons. The van der Waals surface area contributed by atoms with Crippen LogP contribution in [0.1, 0.15) is 49.2 Å². The highest BCUT2D eigenvalue weighted by atomic mass is 79.9. The van der Waals surface area contributed by atoms with E-state index in [1.54, 1.807) is 12.3 Å². The van der Waals surface area contributed by atoms with E-state index in [0.29, 0.717) is 54.3 Å². The third-order valence-electron chi connectivity index (χ3n) is 6.07. The second-order valence-corrected chi connectivity index (χ2v) is 10.8. The average molecular weight is 653 g/mol. The van der Waals surface area contributed by atoms with Gasteiger partial charge in [0.25, 0.3) is 5.56 Å². The Morgan fingerprint density at radius 1 is 1.03 bits per heavy atom. The molecule has 0 amide bonds. The van der Waals surface area contributed by atoms with E-state index in [1.807, 2.05) is 61.5 Å². The Morgan fingerprint density at radius 2 is 1.79 bits per heavy atom. The lowest BCUT2D eigenvalue weighted by molar-refractivity contribution is 0.267. The quantitative estimate of drug-likeness (QED) is 0.115. The van der Waals surface area contributed by atoms with Gasteiger partial charge in [0, 0.05) is 20.9 Å². The Hall–Kier alpha value is -3.23. The first-order chi connectivity index (χ1) is 18.9. The standard InChI is InChI=1S/C31H31Br2N3O3/c1-4-7-9-29-35-27-15-14-25(33)18-26(27)31(37)36(29)34-19-22-16-23(8-5-2)30(28(17-22)38-6-3)39-20-21-10-12-24(32)13-11-21/h5,10-19H,2,4,6-9,20H2,1,3H3. The molecule has 0 saturated heterocycles. The van der Waals surface area contributed by atoms with Gasteiger partial charge >= 0.3 is 0 Å². The molecule has 0 saturated carbocycles. The largest absolute Gasteiger partial charge is 0.490 e. The molecule has 0 unspecified atom stereocenters. The highest BCUT2D eigenvalue weighted by Crippen LogP contribution is 2.34. The van der Waals surface area contributed by atoms with Crippen molar-refractivity contribution in [3.8, 4) is 11.5 Å². The summed E-state index contributed by atoms with van der Waals surface area (Å²) in [4.78, 5) is 18.2. The summed E-state index contributed by atoms with van der Waals surface area (Å²) in [5, 5.41) is 5.13. The first kappa shape index (κ1) is 28.8. The molecule has 1 heterocycles. The fraction of sp³-hybridized carbons (Fsp3) is 0.258. The molecule has 39 heavy (non-hydrogen) atoms. The number of unbranched alkanes of at least 4 members (excludes halogenated alkanes) is 1. The van der Waals surface area contributed by atoms with Crippen molar-refractivity contribution in [3.05, 3.63) is 109 Å². The SMILES string of the molecule is C=CCc1cc(C=Nn2c(CCCC)nc3ccc(Br)cc3c2=O)cc(OCC)c1OCc1ccc(Br)cc1. The number of aryl methyl sites for hydroxylation is 1. The molecule has 0 radical (unpaired) electrons. The number of aromatic nitrogens is 2. The van der Waals surface area contributed by atoms with Gasteiger partial charge in [-0.15, -0.1) is 6.58 Å². The maximum atomic E-state index is 13.4. The first-order valence-electron chi connectivity index (χ1n) is 13.0. The number of hydrogen-bond acceptors (Lipinski definition) is 5. The van der Waals surface area contributed by atoms with E-state index in [2.05, 4.69) is 50.5 Å². The molecule has 0 spiro atoms. The minimum Gasteiger partial charge on any atom is -0.490 e. The van der Waals surface area contributed by atoms with Crippen molar-refractivity contribution in [1.29, 1.82) is 0 Å². The number of ether oxygens (including phenoxy) is 2. The third kappa shape index (κ3) is 7.25. The fourth-order valence-corrected chi connectivity index (χ4v) is 4.79. The van der Waals surface area contributed by atoms with Crippen molar-refractivity contribution < 1.29 is 9.47 Å². The Morgan fingerprint density at radius 3 is 2.51 bits per heavy atom. The normalized spacial score (nSPS) is 11.3. The van der Waals surface area contributed by atoms with Gasteiger partial charge in [-0.1, -0.05) is 63.4 Å². The fourth-order valence-electron chi connectivity index (χ4n) is 4.16. The Labute approximate surface area is 245 Å². The van der Waals surface area contributed by atoms with Crippen molar-refractivity contribution in [1.82, 2.24) is 9.66 Å². The summed E-state index contributed by atoms with van der Waals surface area (Å²) >= 11 is 6.93. The molecule has 0 atom stereocenters. The van der Waals surface area contributed by atoms with Gasteiger partial charge in [0.05, 0.1) is 23.7 Å². The predicted octanol–water partition coefficient (Wildman–Crippen LogP) is 7.85. The van der Waals surface area contributed by atoms with E-state index in [9.17, 15) is 4.79 Å². The smallest absolute Gasteiger partial charge is 0.282 e. The summed E-state index contributed by atoms with van der Waals surface area (Å²) in [6.07, 6.45) is 6.65. The van der Waals surface area contributed by atoms with E-state index >= 15 is 0 Å². The molecule has 0 fully saturated rings. The summed E-state index contributed by atoms with van der Waals surface area (Å²) in [7, 11) is 0. The van der Waals surface area contributed by atoms with Crippen LogP contribution in [0, 0.1) is 0 Å². The van der Waals surface area contributed by atoms with Crippen molar-refractivity contribution in [2.75, 3.05) is 6.61 Å². The molecule has 0 aliphatic carbocycles. The molecule has 4 rings (SSSR count).